The number of thioether (sulfide) groups is 1. The van der Waals surface area contributed by atoms with Crippen LogP contribution in [0.15, 0.2) is 71.6 Å². The number of nitrogens with zero attached hydrogens (tertiary/aromatic N) is 1. The van der Waals surface area contributed by atoms with Crippen molar-refractivity contribution in [1.29, 1.82) is 0 Å². The molecule has 3 aromatic rings. The summed E-state index contributed by atoms with van der Waals surface area (Å²) < 4.78 is 14.6. The van der Waals surface area contributed by atoms with Gasteiger partial charge in [-0.15, -0.1) is 6.58 Å². The highest BCUT2D eigenvalue weighted by atomic mass is 32.2. The molecule has 0 fully saturated rings. The maximum absolute atomic E-state index is 14.0. The number of nitrogens with one attached hydrogen (secondary N) is 2. The van der Waals surface area contributed by atoms with Crippen LogP contribution in [-0.4, -0.2) is 29.1 Å². The molecule has 0 saturated heterocycles. The summed E-state index contributed by atoms with van der Waals surface area (Å²) in [7, 11) is 0. The van der Waals surface area contributed by atoms with Crippen LogP contribution in [-0.2, 0) is 4.79 Å². The molecule has 148 valence electrons. The zero-order valence-electron chi connectivity index (χ0n) is 15.4. The molecule has 0 aliphatic carbocycles. The minimum absolute atomic E-state index is 0.0436. The Morgan fingerprint density at radius 3 is 2.59 bits per heavy atom. The Balaban J connectivity index is 1.83. The number of carbonyl (C=O) groups excluding carboxylic acids is 2. The molecule has 2 N–H and O–H groups in total. The largest absolute Gasteiger partial charge is 0.352 e. The summed E-state index contributed by atoms with van der Waals surface area (Å²) in [6, 6.07) is 15.2. The molecule has 0 radical (unpaired) electrons. The average molecular weight is 428 g/mol. The van der Waals surface area contributed by atoms with Crippen LogP contribution < -0.4 is 10.6 Å². The van der Waals surface area contributed by atoms with Crippen LogP contribution in [0, 0.1) is 5.82 Å². The monoisotopic (exact) mass is 427 g/mol. The zero-order valence-corrected chi connectivity index (χ0v) is 17.0. The smallest absolute Gasteiger partial charge is 0.259 e. The van der Waals surface area contributed by atoms with Crippen molar-refractivity contribution in [3.8, 4) is 11.3 Å². The van der Waals surface area contributed by atoms with E-state index in [9.17, 15) is 14.0 Å². The molecule has 0 spiro atoms. The van der Waals surface area contributed by atoms with Crippen molar-refractivity contribution in [3.63, 3.8) is 0 Å². The summed E-state index contributed by atoms with van der Waals surface area (Å²) in [5.74, 6) is -1.09. The molecular weight excluding hydrogens is 409 g/mol. The van der Waals surface area contributed by atoms with Crippen molar-refractivity contribution in [2.45, 2.75) is 4.34 Å². The Kier molecular flexibility index (Phi) is 7.15. The van der Waals surface area contributed by atoms with Crippen LogP contribution in [0.5, 0.6) is 0 Å². The Morgan fingerprint density at radius 2 is 1.86 bits per heavy atom. The number of hydrogen-bond acceptors (Lipinski definition) is 5. The third-order valence-electron chi connectivity index (χ3n) is 3.77. The fourth-order valence-corrected chi connectivity index (χ4v) is 4.31. The predicted molar refractivity (Wildman–Crippen MR) is 116 cm³/mol. The van der Waals surface area contributed by atoms with Crippen LogP contribution >= 0.6 is 23.1 Å². The zero-order chi connectivity index (χ0) is 20.6. The lowest BCUT2D eigenvalue weighted by Crippen LogP contribution is -2.24. The number of amides is 2. The molecular formula is C21H18FN3O2S2. The number of carbonyl (C=O) groups is 2. The van der Waals surface area contributed by atoms with Crippen molar-refractivity contribution in [2.24, 2.45) is 0 Å². The standard InChI is InChI=1S/C21H18FN3O2S2/c1-2-12-23-17(26)13-28-21-24-18(14-8-4-3-5-9-14)20(29-21)25-19(27)15-10-6-7-11-16(15)22/h2-11H,1,12-13H2,(H,23,26)(H,25,27). The van der Waals surface area contributed by atoms with Crippen molar-refractivity contribution >= 4 is 39.9 Å². The lowest BCUT2D eigenvalue weighted by atomic mass is 10.1. The molecule has 0 aliphatic rings. The third-order valence-corrected chi connectivity index (χ3v) is 5.88. The topological polar surface area (TPSA) is 71.1 Å². The van der Waals surface area contributed by atoms with Gasteiger partial charge in [0.25, 0.3) is 5.91 Å². The van der Waals surface area contributed by atoms with Gasteiger partial charge in [-0.2, -0.15) is 0 Å². The number of halogens is 1. The second kappa shape index (κ2) is 9.99. The van der Waals surface area contributed by atoms with Gasteiger partial charge in [0.2, 0.25) is 5.91 Å². The first-order valence-corrected chi connectivity index (χ1v) is 10.5. The van der Waals surface area contributed by atoms with Gasteiger partial charge in [-0.25, -0.2) is 9.37 Å². The first-order chi connectivity index (χ1) is 14.1. The van der Waals surface area contributed by atoms with E-state index in [1.54, 1.807) is 12.1 Å². The van der Waals surface area contributed by atoms with Gasteiger partial charge in [-0.3, -0.25) is 9.59 Å². The van der Waals surface area contributed by atoms with E-state index in [0.717, 1.165) is 5.56 Å². The van der Waals surface area contributed by atoms with Crippen LogP contribution in [0.3, 0.4) is 0 Å². The molecule has 2 aromatic carbocycles. The number of aromatic nitrogens is 1. The highest BCUT2D eigenvalue weighted by molar-refractivity contribution is 8.01. The van der Waals surface area contributed by atoms with Gasteiger partial charge in [0, 0.05) is 12.1 Å². The highest BCUT2D eigenvalue weighted by Gasteiger charge is 2.19. The van der Waals surface area contributed by atoms with Gasteiger partial charge in [0.1, 0.15) is 16.5 Å². The van der Waals surface area contributed by atoms with E-state index >= 15 is 0 Å². The van der Waals surface area contributed by atoms with Crippen molar-refractivity contribution in [2.75, 3.05) is 17.6 Å². The maximum Gasteiger partial charge on any atom is 0.259 e. The minimum Gasteiger partial charge on any atom is -0.352 e. The Hall–Kier alpha value is -2.97. The SMILES string of the molecule is C=CCNC(=O)CSc1nc(-c2ccccc2)c(NC(=O)c2ccccc2F)s1. The highest BCUT2D eigenvalue weighted by Crippen LogP contribution is 2.37. The van der Waals surface area contributed by atoms with E-state index in [0.29, 0.717) is 21.6 Å². The second-order valence-electron chi connectivity index (χ2n) is 5.84. The molecule has 0 atom stereocenters. The molecule has 0 aliphatic heterocycles. The van der Waals surface area contributed by atoms with Crippen molar-refractivity contribution < 1.29 is 14.0 Å². The molecule has 1 heterocycles. The number of hydrogen-bond donors (Lipinski definition) is 2. The quantitative estimate of drug-likeness (QED) is 0.407. The second-order valence-corrected chi connectivity index (χ2v) is 8.06. The molecule has 0 saturated carbocycles. The van der Waals surface area contributed by atoms with E-state index in [-0.39, 0.29) is 17.2 Å². The van der Waals surface area contributed by atoms with E-state index < -0.39 is 11.7 Å². The molecule has 2 amide bonds. The minimum atomic E-state index is -0.593. The van der Waals surface area contributed by atoms with E-state index in [1.807, 2.05) is 30.3 Å². The summed E-state index contributed by atoms with van der Waals surface area (Å²) in [4.78, 5) is 29.0. The van der Waals surface area contributed by atoms with Crippen molar-refractivity contribution in [3.05, 3.63) is 78.6 Å². The number of thiazole rings is 1. The summed E-state index contributed by atoms with van der Waals surface area (Å²) >= 11 is 2.52. The van der Waals surface area contributed by atoms with Crippen LogP contribution in [0.4, 0.5) is 9.39 Å². The fraction of sp³-hybridized carbons (Fsp3) is 0.0952. The van der Waals surface area contributed by atoms with E-state index in [1.165, 1.54) is 41.3 Å². The molecule has 0 unspecified atom stereocenters. The summed E-state index contributed by atoms with van der Waals surface area (Å²) in [6.45, 7) is 3.96. The molecule has 29 heavy (non-hydrogen) atoms. The molecule has 0 bridgehead atoms. The number of benzene rings is 2. The van der Waals surface area contributed by atoms with Gasteiger partial charge in [0.15, 0.2) is 4.34 Å². The fourth-order valence-electron chi connectivity index (χ4n) is 2.42. The van der Waals surface area contributed by atoms with Gasteiger partial charge in [0.05, 0.1) is 11.3 Å². The molecule has 5 nitrogen and oxygen atoms in total. The lowest BCUT2D eigenvalue weighted by molar-refractivity contribution is -0.118. The maximum atomic E-state index is 14.0. The third kappa shape index (κ3) is 5.52. The average Bonchev–Trinajstić information content (AvgIpc) is 3.14. The molecule has 3 rings (SSSR count). The number of anilines is 1. The van der Waals surface area contributed by atoms with Crippen LogP contribution in [0.25, 0.3) is 11.3 Å². The molecule has 1 aromatic heterocycles. The summed E-state index contributed by atoms with van der Waals surface area (Å²) in [5, 5.41) is 5.96. The summed E-state index contributed by atoms with van der Waals surface area (Å²) in [6.07, 6.45) is 1.61. The predicted octanol–water partition coefficient (Wildman–Crippen LogP) is 4.60. The van der Waals surface area contributed by atoms with Gasteiger partial charge in [-0.1, -0.05) is 71.6 Å². The normalized spacial score (nSPS) is 10.4. The lowest BCUT2D eigenvalue weighted by Gasteiger charge is -2.06. The van der Waals surface area contributed by atoms with Gasteiger partial charge >= 0.3 is 0 Å². The van der Waals surface area contributed by atoms with Crippen molar-refractivity contribution in [1.82, 2.24) is 10.3 Å². The van der Waals surface area contributed by atoms with Crippen LogP contribution in [0.1, 0.15) is 10.4 Å². The Morgan fingerprint density at radius 1 is 1.14 bits per heavy atom. The first-order valence-electron chi connectivity index (χ1n) is 8.71. The van der Waals surface area contributed by atoms with Gasteiger partial charge < -0.3 is 10.6 Å². The number of rotatable bonds is 8. The Bertz CT molecular complexity index is 1020. The van der Waals surface area contributed by atoms with E-state index in [2.05, 4.69) is 22.2 Å². The van der Waals surface area contributed by atoms with Gasteiger partial charge in [-0.05, 0) is 12.1 Å². The summed E-state index contributed by atoms with van der Waals surface area (Å²) in [5.41, 5.74) is 1.35. The molecule has 8 heteroatoms. The first kappa shape index (κ1) is 20.8. The Labute approximate surface area is 176 Å². The van der Waals surface area contributed by atoms with E-state index in [4.69, 9.17) is 0 Å². The van der Waals surface area contributed by atoms with Crippen LogP contribution in [0.2, 0.25) is 0 Å².